The SMILES string of the molecule is COc1ccc2[nH]ccc2c1C(C)(CC(N)=O)c1ccccc1. The summed E-state index contributed by atoms with van der Waals surface area (Å²) in [5.41, 5.74) is 8.02. The van der Waals surface area contributed by atoms with Gasteiger partial charge < -0.3 is 15.5 Å². The number of benzene rings is 2. The average molecular weight is 308 g/mol. The highest BCUT2D eigenvalue weighted by Gasteiger charge is 2.35. The number of primary amides is 1. The van der Waals surface area contributed by atoms with Crippen LogP contribution in [0.15, 0.2) is 54.7 Å². The Balaban J connectivity index is 2.33. The molecule has 0 aliphatic rings. The van der Waals surface area contributed by atoms with E-state index in [0.717, 1.165) is 27.8 Å². The second-order valence-corrected chi connectivity index (χ2v) is 5.92. The van der Waals surface area contributed by atoms with Gasteiger partial charge in [-0.1, -0.05) is 37.3 Å². The molecule has 4 heteroatoms. The smallest absolute Gasteiger partial charge is 0.218 e. The van der Waals surface area contributed by atoms with Crippen molar-refractivity contribution in [2.75, 3.05) is 7.11 Å². The maximum absolute atomic E-state index is 11.8. The van der Waals surface area contributed by atoms with E-state index in [4.69, 9.17) is 10.5 Å². The lowest BCUT2D eigenvalue weighted by atomic mass is 9.72. The summed E-state index contributed by atoms with van der Waals surface area (Å²) in [6, 6.07) is 15.9. The lowest BCUT2D eigenvalue weighted by Crippen LogP contribution is -2.31. The van der Waals surface area contributed by atoms with Gasteiger partial charge in [-0.05, 0) is 23.8 Å². The molecule has 1 amide bonds. The minimum absolute atomic E-state index is 0.206. The number of fused-ring (bicyclic) bond motifs is 1. The molecular weight excluding hydrogens is 288 g/mol. The number of ether oxygens (including phenoxy) is 1. The number of nitrogens with two attached hydrogens (primary N) is 1. The Bertz CT molecular complexity index is 839. The first kappa shape index (κ1) is 15.2. The van der Waals surface area contributed by atoms with Crippen molar-refractivity contribution in [1.29, 1.82) is 0 Å². The van der Waals surface area contributed by atoms with Gasteiger partial charge in [0.25, 0.3) is 0 Å². The summed E-state index contributed by atoms with van der Waals surface area (Å²) in [5.74, 6) is 0.413. The number of aromatic amines is 1. The highest BCUT2D eigenvalue weighted by Crippen LogP contribution is 2.43. The van der Waals surface area contributed by atoms with E-state index in [2.05, 4.69) is 4.98 Å². The third-order valence-electron chi connectivity index (χ3n) is 4.41. The van der Waals surface area contributed by atoms with Crippen molar-refractivity contribution in [1.82, 2.24) is 4.98 Å². The number of methoxy groups -OCH3 is 1. The topological polar surface area (TPSA) is 68.1 Å². The highest BCUT2D eigenvalue weighted by atomic mass is 16.5. The zero-order chi connectivity index (χ0) is 16.4. The number of H-pyrrole nitrogens is 1. The van der Waals surface area contributed by atoms with Gasteiger partial charge in [0.15, 0.2) is 0 Å². The molecule has 0 aliphatic carbocycles. The summed E-state index contributed by atoms with van der Waals surface area (Å²) in [4.78, 5) is 15.0. The molecule has 4 nitrogen and oxygen atoms in total. The highest BCUT2D eigenvalue weighted by molar-refractivity contribution is 5.89. The lowest BCUT2D eigenvalue weighted by Gasteiger charge is -2.32. The van der Waals surface area contributed by atoms with Gasteiger partial charge in [-0.2, -0.15) is 0 Å². The van der Waals surface area contributed by atoms with Crippen LogP contribution in [0.2, 0.25) is 0 Å². The molecule has 3 aromatic rings. The number of hydrogen-bond donors (Lipinski definition) is 2. The molecule has 1 unspecified atom stereocenters. The largest absolute Gasteiger partial charge is 0.496 e. The van der Waals surface area contributed by atoms with Gasteiger partial charge in [0.05, 0.1) is 7.11 Å². The van der Waals surface area contributed by atoms with Crippen LogP contribution in [0.4, 0.5) is 0 Å². The number of carbonyl (C=O) groups is 1. The summed E-state index contributed by atoms with van der Waals surface area (Å²) in [6.45, 7) is 2.04. The van der Waals surface area contributed by atoms with Gasteiger partial charge >= 0.3 is 0 Å². The summed E-state index contributed by atoms with van der Waals surface area (Å²) in [5, 5.41) is 1.04. The predicted octanol–water partition coefficient (Wildman–Crippen LogP) is 3.36. The van der Waals surface area contributed by atoms with Gasteiger partial charge in [-0.15, -0.1) is 0 Å². The molecular formula is C19H20N2O2. The number of rotatable bonds is 5. The molecule has 0 radical (unpaired) electrons. The first-order chi connectivity index (χ1) is 11.1. The number of aromatic nitrogens is 1. The number of hydrogen-bond acceptors (Lipinski definition) is 2. The van der Waals surface area contributed by atoms with Crippen molar-refractivity contribution in [3.05, 3.63) is 65.9 Å². The van der Waals surface area contributed by atoms with Crippen LogP contribution in [-0.2, 0) is 10.2 Å². The van der Waals surface area contributed by atoms with Gasteiger partial charge in [0.1, 0.15) is 5.75 Å². The van der Waals surface area contributed by atoms with Crippen molar-refractivity contribution < 1.29 is 9.53 Å². The first-order valence-corrected chi connectivity index (χ1v) is 7.54. The van der Waals surface area contributed by atoms with Crippen LogP contribution in [0.1, 0.15) is 24.5 Å². The number of nitrogens with one attached hydrogen (secondary N) is 1. The van der Waals surface area contributed by atoms with E-state index in [1.54, 1.807) is 7.11 Å². The molecule has 3 N–H and O–H groups in total. The summed E-state index contributed by atoms with van der Waals surface area (Å²) < 4.78 is 5.61. The second-order valence-electron chi connectivity index (χ2n) is 5.92. The summed E-state index contributed by atoms with van der Waals surface area (Å²) in [6.07, 6.45) is 2.10. The van der Waals surface area contributed by atoms with E-state index in [-0.39, 0.29) is 12.3 Å². The van der Waals surface area contributed by atoms with E-state index in [0.29, 0.717) is 0 Å². The van der Waals surface area contributed by atoms with E-state index < -0.39 is 5.41 Å². The van der Waals surface area contributed by atoms with Crippen molar-refractivity contribution >= 4 is 16.8 Å². The monoisotopic (exact) mass is 308 g/mol. The molecule has 0 bridgehead atoms. The summed E-state index contributed by atoms with van der Waals surface area (Å²) in [7, 11) is 1.65. The number of amides is 1. The molecule has 1 aromatic heterocycles. The standard InChI is InChI=1S/C19H20N2O2/c1-19(12-17(20)22,13-6-4-3-5-7-13)18-14-10-11-21-15(14)8-9-16(18)23-2/h3-11,21H,12H2,1-2H3,(H2,20,22). The Labute approximate surface area is 135 Å². The molecule has 1 atom stereocenters. The van der Waals surface area contributed by atoms with Crippen LogP contribution in [0.5, 0.6) is 5.75 Å². The molecule has 0 fully saturated rings. The minimum Gasteiger partial charge on any atom is -0.496 e. The lowest BCUT2D eigenvalue weighted by molar-refractivity contribution is -0.118. The maximum atomic E-state index is 11.8. The molecule has 0 spiro atoms. The summed E-state index contributed by atoms with van der Waals surface area (Å²) >= 11 is 0. The average Bonchev–Trinajstić information content (AvgIpc) is 3.02. The Morgan fingerprint density at radius 3 is 2.57 bits per heavy atom. The molecule has 0 aliphatic heterocycles. The van der Waals surface area contributed by atoms with Gasteiger partial charge in [-0.25, -0.2) is 0 Å². The van der Waals surface area contributed by atoms with Crippen LogP contribution in [0, 0.1) is 0 Å². The third-order valence-corrected chi connectivity index (χ3v) is 4.41. The van der Waals surface area contributed by atoms with Crippen molar-refractivity contribution in [2.45, 2.75) is 18.8 Å². The van der Waals surface area contributed by atoms with E-state index in [1.807, 2.05) is 61.7 Å². The minimum atomic E-state index is -0.569. The molecule has 3 rings (SSSR count). The van der Waals surface area contributed by atoms with Crippen molar-refractivity contribution in [3.63, 3.8) is 0 Å². The van der Waals surface area contributed by atoms with Gasteiger partial charge in [-0.3, -0.25) is 4.79 Å². The van der Waals surface area contributed by atoms with E-state index >= 15 is 0 Å². The fraction of sp³-hybridized carbons (Fsp3) is 0.211. The Morgan fingerprint density at radius 1 is 1.17 bits per heavy atom. The van der Waals surface area contributed by atoms with Crippen LogP contribution in [0.25, 0.3) is 10.9 Å². The number of carbonyl (C=O) groups excluding carboxylic acids is 1. The quantitative estimate of drug-likeness (QED) is 0.759. The first-order valence-electron chi connectivity index (χ1n) is 7.54. The molecule has 2 aromatic carbocycles. The van der Waals surface area contributed by atoms with E-state index in [1.165, 1.54) is 0 Å². The molecule has 23 heavy (non-hydrogen) atoms. The Kier molecular flexibility index (Phi) is 3.82. The molecule has 1 heterocycles. The van der Waals surface area contributed by atoms with Crippen LogP contribution < -0.4 is 10.5 Å². The normalized spacial score (nSPS) is 13.7. The molecule has 0 saturated carbocycles. The third kappa shape index (κ3) is 2.57. The maximum Gasteiger partial charge on any atom is 0.218 e. The fourth-order valence-electron chi connectivity index (χ4n) is 3.34. The fourth-order valence-corrected chi connectivity index (χ4v) is 3.34. The predicted molar refractivity (Wildman–Crippen MR) is 91.6 cm³/mol. The molecule has 0 saturated heterocycles. The van der Waals surface area contributed by atoms with Gasteiger partial charge in [0.2, 0.25) is 5.91 Å². The van der Waals surface area contributed by atoms with Crippen LogP contribution in [-0.4, -0.2) is 18.0 Å². The van der Waals surface area contributed by atoms with Crippen molar-refractivity contribution in [3.8, 4) is 5.75 Å². The zero-order valence-electron chi connectivity index (χ0n) is 13.3. The molecule has 118 valence electrons. The Morgan fingerprint density at radius 2 is 1.91 bits per heavy atom. The van der Waals surface area contributed by atoms with Crippen molar-refractivity contribution in [2.24, 2.45) is 5.73 Å². The Hall–Kier alpha value is -2.75. The second kappa shape index (κ2) is 5.80. The van der Waals surface area contributed by atoms with Crippen LogP contribution >= 0.6 is 0 Å². The van der Waals surface area contributed by atoms with E-state index in [9.17, 15) is 4.79 Å². The van der Waals surface area contributed by atoms with Crippen LogP contribution in [0.3, 0.4) is 0 Å². The van der Waals surface area contributed by atoms with Gasteiger partial charge in [0, 0.05) is 34.5 Å². The zero-order valence-corrected chi connectivity index (χ0v) is 13.3.